The van der Waals surface area contributed by atoms with Gasteiger partial charge in [0.1, 0.15) is 0 Å². The fraction of sp³-hybridized carbons (Fsp3) is 0.714. The number of thiophene rings is 1. The van der Waals surface area contributed by atoms with Crippen molar-refractivity contribution in [2.75, 3.05) is 13.1 Å². The van der Waals surface area contributed by atoms with Crippen LogP contribution in [0.15, 0.2) is 12.1 Å². The molecule has 1 aliphatic rings. The van der Waals surface area contributed by atoms with Crippen LogP contribution in [0.2, 0.25) is 0 Å². The van der Waals surface area contributed by atoms with Gasteiger partial charge in [0.05, 0.1) is 0 Å². The van der Waals surface area contributed by atoms with Crippen molar-refractivity contribution in [1.82, 2.24) is 10.2 Å². The van der Waals surface area contributed by atoms with Crippen LogP contribution in [0.4, 0.5) is 0 Å². The van der Waals surface area contributed by atoms with Gasteiger partial charge in [-0.3, -0.25) is 4.90 Å². The van der Waals surface area contributed by atoms with Crippen molar-refractivity contribution in [3.05, 3.63) is 21.9 Å². The van der Waals surface area contributed by atoms with E-state index >= 15 is 0 Å². The average Bonchev–Trinajstić information content (AvgIpc) is 2.80. The fourth-order valence-electron chi connectivity index (χ4n) is 2.56. The number of nitrogens with zero attached hydrogens (tertiary/aromatic N) is 1. The number of rotatable bonds is 3. The molecule has 0 aliphatic carbocycles. The van der Waals surface area contributed by atoms with Gasteiger partial charge in [0.2, 0.25) is 0 Å². The third-order valence-corrected chi connectivity index (χ3v) is 5.15. The van der Waals surface area contributed by atoms with Gasteiger partial charge in [-0.2, -0.15) is 0 Å². The molecule has 1 aromatic heterocycles. The Balaban J connectivity index is 2.09. The molecule has 0 radical (unpaired) electrons. The van der Waals surface area contributed by atoms with E-state index in [2.05, 4.69) is 50.0 Å². The minimum Gasteiger partial charge on any atom is -0.311 e. The summed E-state index contributed by atoms with van der Waals surface area (Å²) in [4.78, 5) is 5.65. The molecule has 0 aromatic carbocycles. The molecule has 3 atom stereocenters. The summed E-state index contributed by atoms with van der Waals surface area (Å²) in [5, 5.41) is 3.55. The molecule has 1 saturated heterocycles. The number of piperazine rings is 1. The second-order valence-corrected chi connectivity index (χ2v) is 6.39. The highest BCUT2D eigenvalue weighted by atomic mass is 32.1. The molecule has 2 heterocycles. The summed E-state index contributed by atoms with van der Waals surface area (Å²) in [5.41, 5.74) is 0. The van der Waals surface area contributed by atoms with E-state index in [9.17, 15) is 0 Å². The average molecular weight is 252 g/mol. The second-order valence-electron chi connectivity index (χ2n) is 5.19. The molecule has 1 aliphatic heterocycles. The quantitative estimate of drug-likeness (QED) is 0.889. The van der Waals surface area contributed by atoms with Gasteiger partial charge >= 0.3 is 0 Å². The van der Waals surface area contributed by atoms with Gasteiger partial charge in [-0.25, -0.2) is 0 Å². The summed E-state index contributed by atoms with van der Waals surface area (Å²) in [6, 6.07) is 6.40. The van der Waals surface area contributed by atoms with Crippen molar-refractivity contribution >= 4 is 11.3 Å². The summed E-state index contributed by atoms with van der Waals surface area (Å²) < 4.78 is 0. The van der Waals surface area contributed by atoms with E-state index in [1.165, 1.54) is 9.75 Å². The zero-order chi connectivity index (χ0) is 12.4. The van der Waals surface area contributed by atoms with Crippen molar-refractivity contribution < 1.29 is 0 Å². The summed E-state index contributed by atoms with van der Waals surface area (Å²) >= 11 is 1.98. The zero-order valence-corrected chi connectivity index (χ0v) is 12.2. The van der Waals surface area contributed by atoms with Crippen LogP contribution in [-0.2, 0) is 6.42 Å². The molecule has 3 heteroatoms. The van der Waals surface area contributed by atoms with Crippen LogP contribution in [0, 0.1) is 0 Å². The molecule has 0 amide bonds. The first-order chi connectivity index (χ1) is 8.11. The first kappa shape index (κ1) is 13.1. The van der Waals surface area contributed by atoms with E-state index in [1.807, 2.05) is 11.3 Å². The van der Waals surface area contributed by atoms with Gasteiger partial charge in [0, 0.05) is 41.0 Å². The molecule has 2 nitrogen and oxygen atoms in total. The lowest BCUT2D eigenvalue weighted by atomic mass is 10.1. The topological polar surface area (TPSA) is 15.3 Å². The van der Waals surface area contributed by atoms with E-state index in [0.29, 0.717) is 18.1 Å². The predicted octanol–water partition coefficient (Wildman–Crippen LogP) is 3.05. The molecule has 96 valence electrons. The largest absolute Gasteiger partial charge is 0.311 e. The van der Waals surface area contributed by atoms with Crippen molar-refractivity contribution in [2.45, 2.75) is 52.2 Å². The Hall–Kier alpha value is -0.380. The summed E-state index contributed by atoms with van der Waals surface area (Å²) in [7, 11) is 0. The molecule has 1 N–H and O–H groups in total. The van der Waals surface area contributed by atoms with E-state index in [0.717, 1.165) is 19.5 Å². The minimum atomic E-state index is 0.555. The van der Waals surface area contributed by atoms with Crippen LogP contribution in [-0.4, -0.2) is 30.1 Å². The zero-order valence-electron chi connectivity index (χ0n) is 11.4. The monoisotopic (exact) mass is 252 g/mol. The molecule has 2 rings (SSSR count). The third-order valence-electron chi connectivity index (χ3n) is 3.75. The maximum absolute atomic E-state index is 3.55. The number of aryl methyl sites for hydroxylation is 1. The van der Waals surface area contributed by atoms with E-state index < -0.39 is 0 Å². The number of nitrogens with one attached hydrogen (secondary N) is 1. The Morgan fingerprint density at radius 1 is 1.47 bits per heavy atom. The van der Waals surface area contributed by atoms with Crippen LogP contribution >= 0.6 is 11.3 Å². The molecule has 1 fully saturated rings. The maximum Gasteiger partial charge on any atom is 0.0417 e. The molecule has 1 aromatic rings. The van der Waals surface area contributed by atoms with Crippen LogP contribution < -0.4 is 5.32 Å². The number of hydrogen-bond donors (Lipinski definition) is 1. The lowest BCUT2D eigenvalue weighted by Crippen LogP contribution is -2.54. The Morgan fingerprint density at radius 2 is 2.24 bits per heavy atom. The van der Waals surface area contributed by atoms with Crippen LogP contribution in [0.3, 0.4) is 0 Å². The first-order valence-electron chi connectivity index (χ1n) is 6.69. The Kier molecular flexibility index (Phi) is 4.23. The highest BCUT2D eigenvalue weighted by molar-refractivity contribution is 7.12. The van der Waals surface area contributed by atoms with E-state index in [4.69, 9.17) is 0 Å². The fourth-order valence-corrected chi connectivity index (χ4v) is 3.59. The Labute approximate surface area is 109 Å². The molecule has 3 unspecified atom stereocenters. The molecular weight excluding hydrogens is 228 g/mol. The van der Waals surface area contributed by atoms with Crippen LogP contribution in [0.5, 0.6) is 0 Å². The maximum atomic E-state index is 3.55. The van der Waals surface area contributed by atoms with Gasteiger partial charge in [-0.15, -0.1) is 11.3 Å². The molecule has 0 saturated carbocycles. The van der Waals surface area contributed by atoms with Gasteiger partial charge in [-0.1, -0.05) is 6.92 Å². The highest BCUT2D eigenvalue weighted by Gasteiger charge is 2.27. The molecule has 0 spiro atoms. The van der Waals surface area contributed by atoms with Crippen molar-refractivity contribution in [2.24, 2.45) is 0 Å². The van der Waals surface area contributed by atoms with Crippen molar-refractivity contribution in [3.63, 3.8) is 0 Å². The lowest BCUT2D eigenvalue weighted by molar-refractivity contribution is 0.105. The smallest absolute Gasteiger partial charge is 0.0417 e. The van der Waals surface area contributed by atoms with Crippen molar-refractivity contribution in [1.29, 1.82) is 0 Å². The van der Waals surface area contributed by atoms with Crippen molar-refractivity contribution in [3.8, 4) is 0 Å². The SMILES string of the molecule is CCc1ccc(C(C)N2CC(C)NCC2C)s1. The normalized spacial score (nSPS) is 28.2. The number of hydrogen-bond acceptors (Lipinski definition) is 3. The standard InChI is InChI=1S/C14H24N2S/c1-5-13-6-7-14(17-13)12(4)16-9-10(2)15-8-11(16)3/h6-7,10-12,15H,5,8-9H2,1-4H3. The second kappa shape index (κ2) is 5.51. The van der Waals surface area contributed by atoms with Gasteiger partial charge in [0.25, 0.3) is 0 Å². The van der Waals surface area contributed by atoms with Crippen LogP contribution in [0.25, 0.3) is 0 Å². The highest BCUT2D eigenvalue weighted by Crippen LogP contribution is 2.30. The predicted molar refractivity (Wildman–Crippen MR) is 75.7 cm³/mol. The Morgan fingerprint density at radius 3 is 2.88 bits per heavy atom. The molecule has 0 bridgehead atoms. The minimum absolute atomic E-state index is 0.555. The van der Waals surface area contributed by atoms with Gasteiger partial charge in [-0.05, 0) is 39.3 Å². The Bertz CT molecular complexity index is 361. The first-order valence-corrected chi connectivity index (χ1v) is 7.51. The summed E-state index contributed by atoms with van der Waals surface area (Å²) in [5.74, 6) is 0. The summed E-state index contributed by atoms with van der Waals surface area (Å²) in [6.45, 7) is 11.4. The van der Waals surface area contributed by atoms with E-state index in [1.54, 1.807) is 0 Å². The third kappa shape index (κ3) is 2.90. The lowest BCUT2D eigenvalue weighted by Gasteiger charge is -2.41. The molecular formula is C14H24N2S. The van der Waals surface area contributed by atoms with E-state index in [-0.39, 0.29) is 0 Å². The van der Waals surface area contributed by atoms with Gasteiger partial charge in [0.15, 0.2) is 0 Å². The van der Waals surface area contributed by atoms with Gasteiger partial charge < -0.3 is 5.32 Å². The summed E-state index contributed by atoms with van der Waals surface area (Å²) in [6.07, 6.45) is 1.16. The molecule has 17 heavy (non-hydrogen) atoms. The van der Waals surface area contributed by atoms with Crippen LogP contribution in [0.1, 0.15) is 43.5 Å².